The van der Waals surface area contributed by atoms with Gasteiger partial charge in [-0.1, -0.05) is 55.5 Å². The van der Waals surface area contributed by atoms with Gasteiger partial charge in [0.25, 0.3) is 0 Å². The number of nitrogens with one attached hydrogen (secondary N) is 1. The maximum absolute atomic E-state index is 2.36. The van der Waals surface area contributed by atoms with Gasteiger partial charge in [0.15, 0.2) is 0 Å². The van der Waals surface area contributed by atoms with Gasteiger partial charge in [-0.25, -0.2) is 0 Å². The standard InChI is InChI=1S/C20H25N/c1-15-18-9-5-4-8-16(18)14-17(12-13-21(2)3)20-11-7-6-10-19(15)20/h4-11,15,17H,12-14H2,1-3H3/p+1/t15-,17+/m1/s1. The molecule has 1 N–H and O–H groups in total. The Kier molecular flexibility index (Phi) is 4.12. The molecule has 0 unspecified atom stereocenters. The minimum absolute atomic E-state index is 0.508. The molecule has 1 aliphatic carbocycles. The average Bonchev–Trinajstić information content (AvgIpc) is 2.62. The van der Waals surface area contributed by atoms with Crippen LogP contribution >= 0.6 is 0 Å². The van der Waals surface area contributed by atoms with Crippen LogP contribution in [-0.2, 0) is 6.42 Å². The zero-order valence-corrected chi connectivity index (χ0v) is 13.4. The van der Waals surface area contributed by atoms with Crippen molar-refractivity contribution in [2.45, 2.75) is 31.6 Å². The van der Waals surface area contributed by atoms with Crippen molar-refractivity contribution >= 4 is 0 Å². The van der Waals surface area contributed by atoms with E-state index in [1.807, 2.05) is 0 Å². The van der Waals surface area contributed by atoms with Crippen molar-refractivity contribution in [3.05, 3.63) is 70.8 Å². The summed E-state index contributed by atoms with van der Waals surface area (Å²) >= 11 is 0. The van der Waals surface area contributed by atoms with Gasteiger partial charge in [0.1, 0.15) is 0 Å². The highest BCUT2D eigenvalue weighted by molar-refractivity contribution is 5.46. The summed E-state index contributed by atoms with van der Waals surface area (Å²) in [6, 6.07) is 18.1. The fraction of sp³-hybridized carbons (Fsp3) is 0.400. The van der Waals surface area contributed by atoms with E-state index in [0.29, 0.717) is 11.8 Å². The molecule has 0 aromatic heterocycles. The highest BCUT2D eigenvalue weighted by atomic mass is 15.0. The second-order valence-corrected chi connectivity index (χ2v) is 6.70. The number of fused-ring (bicyclic) bond motifs is 2. The molecule has 3 rings (SSSR count). The van der Waals surface area contributed by atoms with E-state index >= 15 is 0 Å². The summed E-state index contributed by atoms with van der Waals surface area (Å²) in [6.45, 7) is 3.59. The number of rotatable bonds is 3. The van der Waals surface area contributed by atoms with Crippen molar-refractivity contribution in [2.24, 2.45) is 0 Å². The number of quaternary nitrogens is 1. The summed E-state index contributed by atoms with van der Waals surface area (Å²) < 4.78 is 0. The molecule has 2 aromatic carbocycles. The Balaban J connectivity index is 2.04. The topological polar surface area (TPSA) is 4.44 Å². The lowest BCUT2D eigenvalue weighted by molar-refractivity contribution is -0.858. The molecule has 0 saturated carbocycles. The van der Waals surface area contributed by atoms with Crippen LogP contribution in [0.2, 0.25) is 0 Å². The Morgan fingerprint density at radius 2 is 1.52 bits per heavy atom. The van der Waals surface area contributed by atoms with E-state index in [0.717, 1.165) is 0 Å². The summed E-state index contributed by atoms with van der Waals surface area (Å²) in [4.78, 5) is 1.54. The molecule has 2 atom stereocenters. The summed E-state index contributed by atoms with van der Waals surface area (Å²) in [6.07, 6.45) is 2.45. The molecule has 0 fully saturated rings. The molecule has 2 aromatic rings. The van der Waals surface area contributed by atoms with Gasteiger partial charge in [-0.05, 0) is 34.6 Å². The highest BCUT2D eigenvalue weighted by Gasteiger charge is 2.26. The van der Waals surface area contributed by atoms with Crippen molar-refractivity contribution in [1.29, 1.82) is 0 Å². The van der Waals surface area contributed by atoms with Crippen LogP contribution in [0.15, 0.2) is 48.5 Å². The third-order valence-corrected chi connectivity index (χ3v) is 4.88. The second kappa shape index (κ2) is 6.03. The largest absolute Gasteiger partial charge is 0.340 e. The third-order valence-electron chi connectivity index (χ3n) is 4.88. The van der Waals surface area contributed by atoms with E-state index in [4.69, 9.17) is 0 Å². The van der Waals surface area contributed by atoms with Crippen LogP contribution in [0.25, 0.3) is 0 Å². The van der Waals surface area contributed by atoms with Crippen LogP contribution in [0, 0.1) is 0 Å². The lowest BCUT2D eigenvalue weighted by atomic mass is 9.87. The van der Waals surface area contributed by atoms with Gasteiger partial charge in [0.2, 0.25) is 0 Å². The molecule has 0 spiro atoms. The fourth-order valence-electron chi connectivity index (χ4n) is 3.68. The predicted octanol–water partition coefficient (Wildman–Crippen LogP) is 3.01. The van der Waals surface area contributed by atoms with Gasteiger partial charge in [-0.2, -0.15) is 0 Å². The Hall–Kier alpha value is -1.60. The maximum atomic E-state index is 2.36. The monoisotopic (exact) mass is 280 g/mol. The van der Waals surface area contributed by atoms with E-state index in [-0.39, 0.29) is 0 Å². The Labute approximate surface area is 128 Å². The van der Waals surface area contributed by atoms with Crippen molar-refractivity contribution in [3.63, 3.8) is 0 Å². The Morgan fingerprint density at radius 1 is 0.905 bits per heavy atom. The van der Waals surface area contributed by atoms with Crippen molar-refractivity contribution in [1.82, 2.24) is 0 Å². The van der Waals surface area contributed by atoms with Crippen LogP contribution in [-0.4, -0.2) is 20.6 Å². The van der Waals surface area contributed by atoms with Crippen molar-refractivity contribution in [2.75, 3.05) is 20.6 Å². The SMILES string of the molecule is C[C@@H]1c2ccccc2C[C@H](CC[NH+](C)C)c2ccccc21. The summed E-state index contributed by atoms with van der Waals surface area (Å²) in [7, 11) is 4.50. The van der Waals surface area contributed by atoms with E-state index in [2.05, 4.69) is 69.6 Å². The second-order valence-electron chi connectivity index (χ2n) is 6.70. The minimum Gasteiger partial charge on any atom is -0.340 e. The van der Waals surface area contributed by atoms with Crippen LogP contribution in [0.5, 0.6) is 0 Å². The molecule has 1 aliphatic rings. The molecule has 0 aliphatic heterocycles. The molecule has 21 heavy (non-hydrogen) atoms. The third kappa shape index (κ3) is 2.89. The number of hydrogen-bond donors (Lipinski definition) is 1. The minimum atomic E-state index is 0.508. The molecule has 0 bridgehead atoms. The number of benzene rings is 2. The van der Waals surface area contributed by atoms with Crippen molar-refractivity contribution < 1.29 is 4.90 Å². The molecular formula is C20H26N+. The highest BCUT2D eigenvalue weighted by Crippen LogP contribution is 2.39. The van der Waals surface area contributed by atoms with Crippen LogP contribution in [0.3, 0.4) is 0 Å². The van der Waals surface area contributed by atoms with Gasteiger partial charge in [0.05, 0.1) is 20.6 Å². The number of hydrogen-bond acceptors (Lipinski definition) is 0. The summed E-state index contributed by atoms with van der Waals surface area (Å²) in [5.41, 5.74) is 6.16. The van der Waals surface area contributed by atoms with Gasteiger partial charge >= 0.3 is 0 Å². The molecule has 0 saturated heterocycles. The quantitative estimate of drug-likeness (QED) is 0.881. The summed E-state index contributed by atoms with van der Waals surface area (Å²) in [5.74, 6) is 1.16. The zero-order valence-electron chi connectivity index (χ0n) is 13.4. The Bertz CT molecular complexity index is 615. The lowest BCUT2D eigenvalue weighted by Crippen LogP contribution is -3.05. The van der Waals surface area contributed by atoms with Gasteiger partial charge < -0.3 is 4.90 Å². The van der Waals surface area contributed by atoms with E-state index < -0.39 is 0 Å². The summed E-state index contributed by atoms with van der Waals surface area (Å²) in [5, 5.41) is 0. The smallest absolute Gasteiger partial charge is 0.0772 e. The maximum Gasteiger partial charge on any atom is 0.0772 e. The van der Waals surface area contributed by atoms with Crippen LogP contribution < -0.4 is 4.90 Å². The first-order chi connectivity index (χ1) is 10.2. The Morgan fingerprint density at radius 3 is 2.24 bits per heavy atom. The van der Waals surface area contributed by atoms with Gasteiger partial charge in [0, 0.05) is 12.3 Å². The van der Waals surface area contributed by atoms with Crippen LogP contribution in [0.1, 0.15) is 47.4 Å². The molecule has 110 valence electrons. The lowest BCUT2D eigenvalue weighted by Gasteiger charge is -2.20. The van der Waals surface area contributed by atoms with E-state index in [1.165, 1.54) is 35.4 Å². The van der Waals surface area contributed by atoms with E-state index in [9.17, 15) is 0 Å². The molecule has 1 nitrogen and oxygen atoms in total. The normalized spacial score (nSPS) is 20.8. The molecule has 0 radical (unpaired) electrons. The van der Waals surface area contributed by atoms with Gasteiger partial charge in [-0.15, -0.1) is 0 Å². The molecule has 1 heteroatoms. The van der Waals surface area contributed by atoms with Crippen LogP contribution in [0.4, 0.5) is 0 Å². The van der Waals surface area contributed by atoms with E-state index in [1.54, 1.807) is 11.1 Å². The van der Waals surface area contributed by atoms with Crippen molar-refractivity contribution in [3.8, 4) is 0 Å². The first kappa shape index (κ1) is 14.3. The predicted molar refractivity (Wildman–Crippen MR) is 89.1 cm³/mol. The van der Waals surface area contributed by atoms with Gasteiger partial charge in [-0.3, -0.25) is 0 Å². The fourth-order valence-corrected chi connectivity index (χ4v) is 3.68. The average molecular weight is 280 g/mol. The zero-order chi connectivity index (χ0) is 14.8. The molecular weight excluding hydrogens is 254 g/mol. The molecule has 0 heterocycles. The first-order valence-electron chi connectivity index (χ1n) is 8.12. The first-order valence-corrected chi connectivity index (χ1v) is 8.12. The molecule has 0 amide bonds.